The summed E-state index contributed by atoms with van der Waals surface area (Å²) in [6.07, 6.45) is 3.94. The van der Waals surface area contributed by atoms with Crippen LogP contribution in [-0.4, -0.2) is 70.5 Å². The summed E-state index contributed by atoms with van der Waals surface area (Å²) in [5, 5.41) is 0. The van der Waals surface area contributed by atoms with Gasteiger partial charge in [0.05, 0.1) is 11.4 Å². The van der Waals surface area contributed by atoms with Crippen molar-refractivity contribution in [2.24, 2.45) is 0 Å². The first kappa shape index (κ1) is 19.9. The van der Waals surface area contributed by atoms with Gasteiger partial charge in [0.1, 0.15) is 0 Å². The monoisotopic (exact) mass is 367 g/mol. The molecule has 3 heterocycles. The quantitative estimate of drug-likeness (QED) is 0.812. The van der Waals surface area contributed by atoms with Crippen molar-refractivity contribution in [3.63, 3.8) is 0 Å². The Morgan fingerprint density at radius 2 is 1.07 bits per heavy atom. The third-order valence-corrected chi connectivity index (χ3v) is 5.36. The Morgan fingerprint density at radius 1 is 0.667 bits per heavy atom. The predicted octanol–water partition coefficient (Wildman–Crippen LogP) is 2.73. The zero-order valence-electron chi connectivity index (χ0n) is 17.1. The minimum Gasteiger partial charge on any atom is -0.301 e. The van der Waals surface area contributed by atoms with Gasteiger partial charge in [-0.3, -0.25) is 19.8 Å². The maximum absolute atomic E-state index is 4.61. The lowest BCUT2D eigenvalue weighted by Crippen LogP contribution is -2.35. The zero-order chi connectivity index (χ0) is 19.1. The summed E-state index contributed by atoms with van der Waals surface area (Å²) in [5.41, 5.74) is 4.76. The fraction of sp³-hybridized carbons (Fsp3) is 0.545. The number of likely N-dealkylation sites (N-methyl/N-ethyl adjacent to an activating group) is 1. The lowest BCUT2D eigenvalue weighted by Gasteiger charge is -2.25. The fourth-order valence-corrected chi connectivity index (χ4v) is 3.46. The average Bonchev–Trinajstić information content (AvgIpc) is 2.77. The van der Waals surface area contributed by atoms with Gasteiger partial charge in [-0.1, -0.05) is 19.1 Å². The Morgan fingerprint density at radius 3 is 1.41 bits per heavy atom. The first-order valence-corrected chi connectivity index (χ1v) is 10.1. The van der Waals surface area contributed by atoms with Gasteiger partial charge >= 0.3 is 0 Å². The van der Waals surface area contributed by atoms with Gasteiger partial charge < -0.3 is 4.90 Å². The van der Waals surface area contributed by atoms with Crippen molar-refractivity contribution in [2.45, 2.75) is 33.9 Å². The third-order valence-electron chi connectivity index (χ3n) is 5.36. The van der Waals surface area contributed by atoms with Gasteiger partial charge in [0.2, 0.25) is 0 Å². The van der Waals surface area contributed by atoms with E-state index in [0.29, 0.717) is 0 Å². The van der Waals surface area contributed by atoms with Crippen LogP contribution in [0, 0.1) is 13.8 Å². The van der Waals surface area contributed by atoms with E-state index in [1.807, 2.05) is 12.4 Å². The Bertz CT molecular complexity index is 623. The molecule has 0 atom stereocenters. The number of hydrogen-bond acceptors (Lipinski definition) is 5. The largest absolute Gasteiger partial charge is 0.301 e. The molecule has 3 rings (SSSR count). The molecule has 1 aliphatic heterocycles. The van der Waals surface area contributed by atoms with E-state index in [2.05, 4.69) is 69.7 Å². The molecular weight excluding hydrogens is 334 g/mol. The van der Waals surface area contributed by atoms with Crippen LogP contribution in [-0.2, 0) is 13.1 Å². The molecular formula is C22H33N5. The highest BCUT2D eigenvalue weighted by Crippen LogP contribution is 2.09. The molecule has 0 amide bonds. The molecule has 1 saturated heterocycles. The van der Waals surface area contributed by atoms with E-state index in [9.17, 15) is 0 Å². The second-order valence-corrected chi connectivity index (χ2v) is 7.64. The lowest BCUT2D eigenvalue weighted by molar-refractivity contribution is 0.207. The summed E-state index contributed by atoms with van der Waals surface area (Å²) in [4.78, 5) is 16.8. The highest BCUT2D eigenvalue weighted by Gasteiger charge is 2.16. The van der Waals surface area contributed by atoms with E-state index < -0.39 is 0 Å². The maximum atomic E-state index is 4.61. The van der Waals surface area contributed by atoms with Crippen LogP contribution in [0.25, 0.3) is 0 Å². The number of nitrogens with zero attached hydrogens (tertiary/aromatic N) is 5. The molecule has 0 N–H and O–H groups in total. The van der Waals surface area contributed by atoms with Gasteiger partial charge in [0, 0.05) is 64.8 Å². The van der Waals surface area contributed by atoms with Crippen molar-refractivity contribution in [3.05, 3.63) is 59.2 Å². The van der Waals surface area contributed by atoms with Gasteiger partial charge in [-0.05, 0) is 43.7 Å². The van der Waals surface area contributed by atoms with Gasteiger partial charge in [0.15, 0.2) is 0 Å². The highest BCUT2D eigenvalue weighted by atomic mass is 15.3. The number of aromatic nitrogens is 2. The Hall–Kier alpha value is -1.82. The molecule has 5 heteroatoms. The van der Waals surface area contributed by atoms with Crippen molar-refractivity contribution in [2.75, 3.05) is 45.8 Å². The summed E-state index contributed by atoms with van der Waals surface area (Å²) in [6.45, 7) is 16.0. The van der Waals surface area contributed by atoms with Gasteiger partial charge in [0.25, 0.3) is 0 Å². The summed E-state index contributed by atoms with van der Waals surface area (Å²) in [5.74, 6) is 0. The molecule has 27 heavy (non-hydrogen) atoms. The van der Waals surface area contributed by atoms with Crippen LogP contribution in [0.2, 0.25) is 0 Å². The molecule has 2 aromatic rings. The van der Waals surface area contributed by atoms with Gasteiger partial charge in [-0.2, -0.15) is 0 Å². The minimum atomic E-state index is 0.925. The lowest BCUT2D eigenvalue weighted by atomic mass is 10.2. The van der Waals surface area contributed by atoms with Crippen molar-refractivity contribution < 1.29 is 0 Å². The first-order chi connectivity index (χ1) is 13.1. The van der Waals surface area contributed by atoms with Crippen molar-refractivity contribution in [1.82, 2.24) is 24.7 Å². The van der Waals surface area contributed by atoms with Crippen molar-refractivity contribution in [1.29, 1.82) is 0 Å². The molecule has 146 valence electrons. The highest BCUT2D eigenvalue weighted by molar-refractivity contribution is 5.13. The molecule has 1 aliphatic rings. The number of aryl methyl sites for hydroxylation is 2. The van der Waals surface area contributed by atoms with Crippen LogP contribution in [0.5, 0.6) is 0 Å². The molecule has 5 nitrogen and oxygen atoms in total. The van der Waals surface area contributed by atoms with Crippen LogP contribution in [0.15, 0.2) is 36.7 Å². The molecule has 0 aliphatic carbocycles. The second kappa shape index (κ2) is 9.93. The summed E-state index contributed by atoms with van der Waals surface area (Å²) in [6, 6.07) is 8.64. The number of rotatable bonds is 5. The van der Waals surface area contributed by atoms with Crippen LogP contribution < -0.4 is 0 Å². The number of pyridine rings is 2. The molecule has 0 radical (unpaired) electrons. The SMILES string of the molecule is CCN1CCN(Cc2ccc(C)cn2)CCN(Cc2ccc(C)cn2)CC1. The predicted molar refractivity (Wildman–Crippen MR) is 111 cm³/mol. The molecule has 0 saturated carbocycles. The Kier molecular flexibility index (Phi) is 7.33. The van der Waals surface area contributed by atoms with Crippen LogP contribution in [0.4, 0.5) is 0 Å². The van der Waals surface area contributed by atoms with Gasteiger partial charge in [-0.25, -0.2) is 0 Å². The van der Waals surface area contributed by atoms with Crippen LogP contribution >= 0.6 is 0 Å². The molecule has 0 unspecified atom stereocenters. The fourth-order valence-electron chi connectivity index (χ4n) is 3.46. The molecule has 0 spiro atoms. The normalized spacial score (nSPS) is 18.0. The van der Waals surface area contributed by atoms with E-state index >= 15 is 0 Å². The standard InChI is InChI=1S/C22H33N5/c1-4-25-9-11-26(17-21-7-5-19(2)15-23-21)13-14-27(12-10-25)18-22-8-6-20(3)16-24-22/h5-8,15-16H,4,9-14,17-18H2,1-3H3. The van der Waals surface area contributed by atoms with Crippen molar-refractivity contribution >= 4 is 0 Å². The zero-order valence-corrected chi connectivity index (χ0v) is 17.1. The number of hydrogen-bond donors (Lipinski definition) is 0. The summed E-state index contributed by atoms with van der Waals surface area (Å²) in [7, 11) is 0. The van der Waals surface area contributed by atoms with E-state index in [-0.39, 0.29) is 0 Å². The third kappa shape index (κ3) is 6.38. The topological polar surface area (TPSA) is 35.5 Å². The molecule has 0 aromatic carbocycles. The van der Waals surface area contributed by atoms with E-state index in [0.717, 1.165) is 70.3 Å². The average molecular weight is 368 g/mol. The summed E-state index contributed by atoms with van der Waals surface area (Å²) >= 11 is 0. The smallest absolute Gasteiger partial charge is 0.0544 e. The van der Waals surface area contributed by atoms with Crippen LogP contribution in [0.1, 0.15) is 29.4 Å². The van der Waals surface area contributed by atoms with Crippen molar-refractivity contribution in [3.8, 4) is 0 Å². The molecule has 2 aromatic heterocycles. The van der Waals surface area contributed by atoms with E-state index in [1.165, 1.54) is 11.1 Å². The van der Waals surface area contributed by atoms with Crippen LogP contribution in [0.3, 0.4) is 0 Å². The molecule has 0 bridgehead atoms. The first-order valence-electron chi connectivity index (χ1n) is 10.1. The molecule has 1 fully saturated rings. The maximum Gasteiger partial charge on any atom is 0.0544 e. The summed E-state index contributed by atoms with van der Waals surface area (Å²) < 4.78 is 0. The van der Waals surface area contributed by atoms with Gasteiger partial charge in [-0.15, -0.1) is 0 Å². The second-order valence-electron chi connectivity index (χ2n) is 7.64. The Balaban J connectivity index is 1.64. The Labute approximate surface area is 164 Å². The van der Waals surface area contributed by atoms with E-state index in [4.69, 9.17) is 0 Å². The minimum absolute atomic E-state index is 0.925. The van der Waals surface area contributed by atoms with E-state index in [1.54, 1.807) is 0 Å².